The summed E-state index contributed by atoms with van der Waals surface area (Å²) in [4.78, 5) is 0. The van der Waals surface area contributed by atoms with E-state index in [-0.39, 0.29) is 11.9 Å². The van der Waals surface area contributed by atoms with Crippen molar-refractivity contribution in [1.82, 2.24) is 5.43 Å². The van der Waals surface area contributed by atoms with E-state index in [0.717, 1.165) is 12.0 Å². The number of halogens is 2. The van der Waals surface area contributed by atoms with Crippen molar-refractivity contribution < 1.29 is 4.39 Å². The summed E-state index contributed by atoms with van der Waals surface area (Å²) in [5.74, 6) is 5.38. The number of hydrogen-bond donors (Lipinski definition) is 2. The quantitative estimate of drug-likeness (QED) is 0.655. The summed E-state index contributed by atoms with van der Waals surface area (Å²) in [7, 11) is 0. The fourth-order valence-electron chi connectivity index (χ4n) is 2.38. The Kier molecular flexibility index (Phi) is 4.91. The van der Waals surface area contributed by atoms with Gasteiger partial charge in [0.2, 0.25) is 0 Å². The molecule has 1 atom stereocenters. The smallest absolute Gasteiger partial charge is 0.137 e. The molecule has 106 valence electrons. The van der Waals surface area contributed by atoms with Crippen LogP contribution in [-0.2, 0) is 6.42 Å². The summed E-state index contributed by atoms with van der Waals surface area (Å²) in [6.07, 6.45) is 0.732. The Morgan fingerprint density at radius 2 is 1.85 bits per heavy atom. The number of hydrogen-bond acceptors (Lipinski definition) is 2. The van der Waals surface area contributed by atoms with Crippen molar-refractivity contribution in [2.24, 2.45) is 5.84 Å². The summed E-state index contributed by atoms with van der Waals surface area (Å²) < 4.78 is 14.1. The molecule has 0 bridgehead atoms. The fourth-order valence-corrected chi connectivity index (χ4v) is 2.62. The van der Waals surface area contributed by atoms with Crippen molar-refractivity contribution in [3.05, 3.63) is 68.9 Å². The Morgan fingerprint density at radius 1 is 1.20 bits per heavy atom. The van der Waals surface area contributed by atoms with Crippen molar-refractivity contribution >= 4 is 15.9 Å². The Bertz CT molecular complexity index is 593. The maximum Gasteiger partial charge on any atom is 0.137 e. The van der Waals surface area contributed by atoms with Crippen molar-refractivity contribution in [2.75, 3.05) is 0 Å². The number of nitrogens with one attached hydrogen (secondary N) is 1. The first-order valence-corrected chi connectivity index (χ1v) is 7.28. The van der Waals surface area contributed by atoms with Gasteiger partial charge in [-0.25, -0.2) is 4.39 Å². The van der Waals surface area contributed by atoms with Crippen LogP contribution < -0.4 is 11.3 Å². The van der Waals surface area contributed by atoms with Gasteiger partial charge in [0.15, 0.2) is 0 Å². The molecule has 0 aliphatic heterocycles. The average molecular weight is 337 g/mol. The van der Waals surface area contributed by atoms with Gasteiger partial charge in [0.1, 0.15) is 5.82 Å². The third kappa shape index (κ3) is 3.26. The lowest BCUT2D eigenvalue weighted by Gasteiger charge is -2.19. The zero-order valence-electron chi connectivity index (χ0n) is 11.6. The molecule has 0 amide bonds. The van der Waals surface area contributed by atoms with Crippen LogP contribution in [0.4, 0.5) is 4.39 Å². The van der Waals surface area contributed by atoms with Crippen molar-refractivity contribution in [3.63, 3.8) is 0 Å². The average Bonchev–Trinajstić information content (AvgIpc) is 2.42. The summed E-state index contributed by atoms with van der Waals surface area (Å²) in [5.41, 5.74) is 7.33. The highest BCUT2D eigenvalue weighted by atomic mass is 79.9. The van der Waals surface area contributed by atoms with Crippen LogP contribution in [0.1, 0.15) is 28.3 Å². The zero-order valence-corrected chi connectivity index (χ0v) is 13.2. The van der Waals surface area contributed by atoms with Gasteiger partial charge < -0.3 is 0 Å². The molecule has 0 radical (unpaired) electrons. The molecule has 0 aliphatic rings. The first-order chi connectivity index (χ1) is 9.52. The molecule has 3 N–H and O–H groups in total. The van der Waals surface area contributed by atoms with E-state index in [1.54, 1.807) is 6.07 Å². The van der Waals surface area contributed by atoms with Gasteiger partial charge in [-0.2, -0.15) is 0 Å². The Labute approximate surface area is 127 Å². The van der Waals surface area contributed by atoms with Crippen LogP contribution in [-0.4, -0.2) is 0 Å². The van der Waals surface area contributed by atoms with Crippen LogP contribution in [0.2, 0.25) is 0 Å². The van der Waals surface area contributed by atoms with Crippen molar-refractivity contribution in [2.45, 2.75) is 26.3 Å². The SMILES string of the molecule is Cc1cccc(C)c1CC(NN)c1ccc(Br)c(F)c1. The van der Waals surface area contributed by atoms with E-state index in [1.807, 2.05) is 12.1 Å². The first kappa shape index (κ1) is 15.2. The lowest BCUT2D eigenvalue weighted by atomic mass is 9.93. The molecule has 2 nitrogen and oxygen atoms in total. The molecule has 0 aliphatic carbocycles. The maximum atomic E-state index is 13.7. The van der Waals surface area contributed by atoms with Gasteiger partial charge in [-0.3, -0.25) is 11.3 Å². The Hall–Kier alpha value is -1.23. The molecule has 1 unspecified atom stereocenters. The maximum absolute atomic E-state index is 13.7. The van der Waals surface area contributed by atoms with Gasteiger partial charge in [-0.15, -0.1) is 0 Å². The summed E-state index contributed by atoms with van der Waals surface area (Å²) in [6.45, 7) is 4.16. The van der Waals surface area contributed by atoms with E-state index in [1.165, 1.54) is 22.8 Å². The topological polar surface area (TPSA) is 38.0 Å². The van der Waals surface area contributed by atoms with Crippen LogP contribution in [0.15, 0.2) is 40.9 Å². The van der Waals surface area contributed by atoms with Crippen LogP contribution in [0.5, 0.6) is 0 Å². The van der Waals surface area contributed by atoms with Gasteiger partial charge >= 0.3 is 0 Å². The molecule has 2 aromatic carbocycles. The molecule has 0 aromatic heterocycles. The van der Waals surface area contributed by atoms with Gasteiger partial charge in [-0.05, 0) is 70.6 Å². The number of aryl methyl sites for hydroxylation is 2. The van der Waals surface area contributed by atoms with E-state index in [4.69, 9.17) is 5.84 Å². The van der Waals surface area contributed by atoms with Crippen molar-refractivity contribution in [3.8, 4) is 0 Å². The van der Waals surface area contributed by atoms with E-state index in [0.29, 0.717) is 4.47 Å². The second-order valence-corrected chi connectivity index (χ2v) is 5.82. The molecule has 0 saturated carbocycles. The molecular weight excluding hydrogens is 319 g/mol. The van der Waals surface area contributed by atoms with Gasteiger partial charge in [0.05, 0.1) is 10.5 Å². The van der Waals surface area contributed by atoms with Gasteiger partial charge in [0, 0.05) is 0 Å². The van der Waals surface area contributed by atoms with Gasteiger partial charge in [0.25, 0.3) is 0 Å². The highest BCUT2D eigenvalue weighted by molar-refractivity contribution is 9.10. The van der Waals surface area contributed by atoms with Crippen molar-refractivity contribution in [1.29, 1.82) is 0 Å². The molecule has 0 heterocycles. The summed E-state index contributed by atoms with van der Waals surface area (Å²) in [6, 6.07) is 11.2. The predicted octanol–water partition coefficient (Wildman–Crippen LogP) is 3.95. The summed E-state index contributed by atoms with van der Waals surface area (Å²) >= 11 is 3.16. The van der Waals surface area contributed by atoms with E-state index < -0.39 is 0 Å². The molecular formula is C16H18BrFN2. The van der Waals surface area contributed by atoms with E-state index >= 15 is 0 Å². The standard InChI is InChI=1S/C16H18BrFN2/c1-10-4-3-5-11(2)13(10)9-16(20-19)12-6-7-14(17)15(18)8-12/h3-8,16,20H,9,19H2,1-2H3. The van der Waals surface area contributed by atoms with Crippen LogP contribution in [0.3, 0.4) is 0 Å². The molecule has 0 spiro atoms. The van der Waals surface area contributed by atoms with E-state index in [9.17, 15) is 4.39 Å². The minimum Gasteiger partial charge on any atom is -0.271 e. The van der Waals surface area contributed by atoms with Gasteiger partial charge in [-0.1, -0.05) is 24.3 Å². The minimum absolute atomic E-state index is 0.114. The molecule has 2 aromatic rings. The fraction of sp³-hybridized carbons (Fsp3) is 0.250. The Morgan fingerprint density at radius 3 is 2.40 bits per heavy atom. The largest absolute Gasteiger partial charge is 0.271 e. The number of nitrogens with two attached hydrogens (primary N) is 1. The lowest BCUT2D eigenvalue weighted by molar-refractivity contribution is 0.541. The highest BCUT2D eigenvalue weighted by Gasteiger charge is 2.15. The van der Waals surface area contributed by atoms with E-state index in [2.05, 4.69) is 47.3 Å². The normalized spacial score (nSPS) is 12.4. The van der Waals surface area contributed by atoms with Crippen LogP contribution in [0.25, 0.3) is 0 Å². The lowest BCUT2D eigenvalue weighted by Crippen LogP contribution is -2.30. The third-order valence-electron chi connectivity index (χ3n) is 3.60. The second kappa shape index (κ2) is 6.48. The molecule has 0 saturated heterocycles. The molecule has 0 fully saturated rings. The molecule has 2 rings (SSSR count). The molecule has 4 heteroatoms. The number of hydrazine groups is 1. The Balaban J connectivity index is 2.31. The first-order valence-electron chi connectivity index (χ1n) is 6.49. The minimum atomic E-state index is -0.274. The number of benzene rings is 2. The third-order valence-corrected chi connectivity index (χ3v) is 4.24. The highest BCUT2D eigenvalue weighted by Crippen LogP contribution is 2.25. The molecule has 20 heavy (non-hydrogen) atoms. The van der Waals surface area contributed by atoms with Crippen LogP contribution >= 0.6 is 15.9 Å². The second-order valence-electron chi connectivity index (χ2n) is 4.97. The van der Waals surface area contributed by atoms with Crippen LogP contribution in [0, 0.1) is 19.7 Å². The number of rotatable bonds is 4. The zero-order chi connectivity index (χ0) is 14.7. The monoisotopic (exact) mass is 336 g/mol. The predicted molar refractivity (Wildman–Crippen MR) is 83.8 cm³/mol. The summed E-state index contributed by atoms with van der Waals surface area (Å²) in [5, 5.41) is 0.